The van der Waals surface area contributed by atoms with E-state index in [1.165, 1.54) is 31.4 Å². The number of rotatable bonds is 3. The number of β-amino-alcohol motifs (C(OH)–C–C–N with tert-alkyl or cyclic N) is 1. The summed E-state index contributed by atoms with van der Waals surface area (Å²) in [6.45, 7) is 2.67. The maximum absolute atomic E-state index is 13.3. The molecule has 1 heterocycles. The van der Waals surface area contributed by atoms with Crippen molar-refractivity contribution >= 4 is 0 Å². The van der Waals surface area contributed by atoms with Gasteiger partial charge in [-0.15, -0.1) is 0 Å². The molecule has 1 aliphatic heterocycles. The SMILES string of the molecule is Oc1ccc(C(O)CN2C[C@H]3CCC[C@H]3C2)cc1F. The Balaban J connectivity index is 1.62. The van der Waals surface area contributed by atoms with E-state index < -0.39 is 11.9 Å². The summed E-state index contributed by atoms with van der Waals surface area (Å²) in [6, 6.07) is 4.10. The summed E-state index contributed by atoms with van der Waals surface area (Å²) < 4.78 is 13.3. The number of phenols is 1. The Morgan fingerprint density at radius 2 is 1.95 bits per heavy atom. The largest absolute Gasteiger partial charge is 0.505 e. The fraction of sp³-hybridized carbons (Fsp3) is 0.600. The van der Waals surface area contributed by atoms with Crippen LogP contribution in [0, 0.1) is 17.7 Å². The average Bonchev–Trinajstić information content (AvgIpc) is 2.93. The van der Waals surface area contributed by atoms with Gasteiger partial charge in [-0.2, -0.15) is 0 Å². The van der Waals surface area contributed by atoms with Gasteiger partial charge in [-0.05, 0) is 42.4 Å². The van der Waals surface area contributed by atoms with Crippen LogP contribution in [0.15, 0.2) is 18.2 Å². The third kappa shape index (κ3) is 2.60. The lowest BCUT2D eigenvalue weighted by Crippen LogP contribution is -2.27. The van der Waals surface area contributed by atoms with Crippen molar-refractivity contribution < 1.29 is 14.6 Å². The molecular weight excluding hydrogens is 245 g/mol. The predicted molar refractivity (Wildman–Crippen MR) is 70.3 cm³/mol. The highest BCUT2D eigenvalue weighted by Gasteiger charge is 2.36. The number of nitrogens with zero attached hydrogens (tertiary/aromatic N) is 1. The highest BCUT2D eigenvalue weighted by molar-refractivity contribution is 5.29. The summed E-state index contributed by atoms with van der Waals surface area (Å²) in [4.78, 5) is 2.28. The number of fused-ring (bicyclic) bond motifs is 1. The van der Waals surface area contributed by atoms with Crippen molar-refractivity contribution in [3.8, 4) is 5.75 Å². The van der Waals surface area contributed by atoms with E-state index in [2.05, 4.69) is 4.90 Å². The van der Waals surface area contributed by atoms with Crippen molar-refractivity contribution in [2.24, 2.45) is 11.8 Å². The van der Waals surface area contributed by atoms with Gasteiger partial charge in [0.1, 0.15) is 0 Å². The normalized spacial score (nSPS) is 28.5. The fourth-order valence-corrected chi connectivity index (χ4v) is 3.56. The highest BCUT2D eigenvalue weighted by atomic mass is 19.1. The minimum absolute atomic E-state index is 0.369. The number of aromatic hydroxyl groups is 1. The maximum Gasteiger partial charge on any atom is 0.165 e. The minimum atomic E-state index is -0.686. The first-order valence-electron chi connectivity index (χ1n) is 7.02. The first-order chi connectivity index (χ1) is 9.13. The Bertz CT molecular complexity index is 453. The number of aliphatic hydroxyl groups excluding tert-OH is 1. The molecule has 0 aromatic heterocycles. The molecule has 0 amide bonds. The molecule has 19 heavy (non-hydrogen) atoms. The van der Waals surface area contributed by atoms with Crippen LogP contribution in [0.3, 0.4) is 0 Å². The van der Waals surface area contributed by atoms with Crippen molar-refractivity contribution in [3.05, 3.63) is 29.6 Å². The van der Waals surface area contributed by atoms with Crippen LogP contribution in [-0.2, 0) is 0 Å². The molecule has 1 saturated heterocycles. The molecule has 1 aromatic carbocycles. The van der Waals surface area contributed by atoms with Crippen molar-refractivity contribution in [2.75, 3.05) is 19.6 Å². The number of halogens is 1. The van der Waals surface area contributed by atoms with Gasteiger partial charge in [0.25, 0.3) is 0 Å². The molecule has 2 aliphatic rings. The van der Waals surface area contributed by atoms with E-state index in [9.17, 15) is 9.50 Å². The molecule has 1 saturated carbocycles. The van der Waals surface area contributed by atoms with Gasteiger partial charge in [0, 0.05) is 19.6 Å². The zero-order chi connectivity index (χ0) is 13.4. The van der Waals surface area contributed by atoms with Crippen LogP contribution in [0.4, 0.5) is 4.39 Å². The highest BCUT2D eigenvalue weighted by Crippen LogP contribution is 2.38. The summed E-state index contributed by atoms with van der Waals surface area (Å²) >= 11 is 0. The molecule has 1 aliphatic carbocycles. The maximum atomic E-state index is 13.3. The van der Waals surface area contributed by atoms with Crippen molar-refractivity contribution in [3.63, 3.8) is 0 Å². The Labute approximate surface area is 112 Å². The van der Waals surface area contributed by atoms with E-state index in [0.717, 1.165) is 24.9 Å². The molecule has 104 valence electrons. The summed E-state index contributed by atoms with van der Waals surface area (Å²) in [7, 11) is 0. The Hall–Kier alpha value is -1.13. The monoisotopic (exact) mass is 265 g/mol. The molecule has 1 aromatic rings. The molecule has 1 unspecified atom stereocenters. The predicted octanol–water partition coefficient (Wildman–Crippen LogP) is 2.30. The minimum Gasteiger partial charge on any atom is -0.505 e. The van der Waals surface area contributed by atoms with Gasteiger partial charge in [-0.25, -0.2) is 4.39 Å². The molecule has 2 N–H and O–H groups in total. The standard InChI is InChI=1S/C15H20FNO2/c16-13-6-10(4-5-14(13)18)15(19)9-17-7-11-2-1-3-12(11)8-17/h4-6,11-12,15,18-19H,1-3,7-9H2/t11-,12+,15?. The second kappa shape index (κ2) is 5.10. The number of likely N-dealkylation sites (tertiary alicyclic amines) is 1. The lowest BCUT2D eigenvalue weighted by Gasteiger charge is -2.21. The lowest BCUT2D eigenvalue weighted by atomic mass is 10.0. The van der Waals surface area contributed by atoms with Crippen LogP contribution in [0.5, 0.6) is 5.75 Å². The number of phenolic OH excluding ortho intramolecular Hbond substituents is 1. The molecule has 0 radical (unpaired) electrons. The third-order valence-corrected chi connectivity index (χ3v) is 4.59. The number of aliphatic hydroxyl groups is 1. The van der Waals surface area contributed by atoms with Crippen molar-refractivity contribution in [1.29, 1.82) is 0 Å². The molecule has 0 bridgehead atoms. The summed E-state index contributed by atoms with van der Waals surface area (Å²) in [5.74, 6) is 0.550. The summed E-state index contributed by atoms with van der Waals surface area (Å²) in [6.07, 6.45) is 3.28. The summed E-state index contributed by atoms with van der Waals surface area (Å²) in [5.41, 5.74) is 0.535. The molecule has 3 atom stereocenters. The van der Waals surface area contributed by atoms with Gasteiger partial charge in [-0.1, -0.05) is 12.5 Å². The van der Waals surface area contributed by atoms with E-state index >= 15 is 0 Å². The second-order valence-corrected chi connectivity index (χ2v) is 5.90. The van der Waals surface area contributed by atoms with Crippen molar-refractivity contribution in [1.82, 2.24) is 4.90 Å². The van der Waals surface area contributed by atoms with Gasteiger partial charge < -0.3 is 10.2 Å². The first kappa shape index (κ1) is 12.9. The van der Waals surface area contributed by atoms with Gasteiger partial charge in [0.15, 0.2) is 11.6 Å². The number of hydrogen-bond acceptors (Lipinski definition) is 3. The van der Waals surface area contributed by atoms with Crippen LogP contribution in [0.25, 0.3) is 0 Å². The molecular formula is C15H20FNO2. The van der Waals surface area contributed by atoms with Crippen LogP contribution in [-0.4, -0.2) is 34.7 Å². The topological polar surface area (TPSA) is 43.7 Å². The first-order valence-corrected chi connectivity index (χ1v) is 7.02. The average molecular weight is 265 g/mol. The molecule has 2 fully saturated rings. The third-order valence-electron chi connectivity index (χ3n) is 4.59. The molecule has 4 heteroatoms. The van der Waals surface area contributed by atoms with E-state index in [1.54, 1.807) is 6.07 Å². The van der Waals surface area contributed by atoms with Crippen LogP contribution < -0.4 is 0 Å². The molecule has 3 rings (SSSR count). The van der Waals surface area contributed by atoms with E-state index in [0.29, 0.717) is 12.1 Å². The number of benzene rings is 1. The lowest BCUT2D eigenvalue weighted by molar-refractivity contribution is 0.121. The Morgan fingerprint density at radius 3 is 2.58 bits per heavy atom. The van der Waals surface area contributed by atoms with E-state index in [-0.39, 0.29) is 5.75 Å². The van der Waals surface area contributed by atoms with Gasteiger partial charge in [-0.3, -0.25) is 4.90 Å². The zero-order valence-corrected chi connectivity index (χ0v) is 10.9. The molecule has 0 spiro atoms. The quantitative estimate of drug-likeness (QED) is 0.881. The van der Waals surface area contributed by atoms with Gasteiger partial charge in [0.05, 0.1) is 6.10 Å². The van der Waals surface area contributed by atoms with Gasteiger partial charge in [0.2, 0.25) is 0 Å². The van der Waals surface area contributed by atoms with Crippen molar-refractivity contribution in [2.45, 2.75) is 25.4 Å². The van der Waals surface area contributed by atoms with E-state index in [4.69, 9.17) is 5.11 Å². The Kier molecular flexibility index (Phi) is 3.46. The fourth-order valence-electron chi connectivity index (χ4n) is 3.56. The zero-order valence-electron chi connectivity index (χ0n) is 10.9. The smallest absolute Gasteiger partial charge is 0.165 e. The van der Waals surface area contributed by atoms with Crippen LogP contribution in [0.2, 0.25) is 0 Å². The van der Waals surface area contributed by atoms with E-state index in [1.807, 2.05) is 0 Å². The Morgan fingerprint density at radius 1 is 1.26 bits per heavy atom. The van der Waals surface area contributed by atoms with Gasteiger partial charge >= 0.3 is 0 Å². The number of hydrogen-bond donors (Lipinski definition) is 2. The molecule has 3 nitrogen and oxygen atoms in total. The summed E-state index contributed by atoms with van der Waals surface area (Å²) in [5, 5.41) is 19.3. The second-order valence-electron chi connectivity index (χ2n) is 5.90. The van der Waals surface area contributed by atoms with Crippen LogP contribution in [0.1, 0.15) is 30.9 Å². The van der Waals surface area contributed by atoms with Crippen LogP contribution >= 0.6 is 0 Å².